The second kappa shape index (κ2) is 8.32. The number of para-hydroxylation sites is 1. The molecule has 7 heteroatoms. The van der Waals surface area contributed by atoms with Gasteiger partial charge in [-0.15, -0.1) is 0 Å². The number of rotatable bonds is 5. The second-order valence-corrected chi connectivity index (χ2v) is 9.14. The average molecular weight is 403 g/mol. The third-order valence-electron chi connectivity index (χ3n) is 5.23. The van der Waals surface area contributed by atoms with Gasteiger partial charge in [0.25, 0.3) is 5.91 Å². The molecule has 2 aromatic carbocycles. The highest BCUT2D eigenvalue weighted by atomic mass is 32.2. The Kier molecular flexibility index (Phi) is 6.05. The fraction of sp³-hybridized carbons (Fsp3) is 0.381. The quantitative estimate of drug-likeness (QED) is 0.804. The summed E-state index contributed by atoms with van der Waals surface area (Å²) in [5, 5.41) is 12.6. The molecule has 1 aliphatic heterocycles. The van der Waals surface area contributed by atoms with Gasteiger partial charge < -0.3 is 10.4 Å². The highest BCUT2D eigenvalue weighted by molar-refractivity contribution is 7.89. The molecule has 1 aliphatic rings. The Morgan fingerprint density at radius 3 is 2.68 bits per heavy atom. The van der Waals surface area contributed by atoms with Crippen LogP contribution in [-0.4, -0.2) is 36.3 Å². The molecule has 1 amide bonds. The molecule has 150 valence electrons. The van der Waals surface area contributed by atoms with Gasteiger partial charge in [-0.25, -0.2) is 8.42 Å². The Morgan fingerprint density at radius 2 is 1.96 bits per heavy atom. The zero-order chi connectivity index (χ0) is 20.3. The van der Waals surface area contributed by atoms with Gasteiger partial charge in [-0.1, -0.05) is 30.7 Å². The van der Waals surface area contributed by atoms with Crippen molar-refractivity contribution in [2.24, 2.45) is 0 Å². The smallest absolute Gasteiger partial charge is 0.251 e. The first-order valence-electron chi connectivity index (χ1n) is 9.48. The molecular formula is C21H26N2O4S. The molecule has 0 aromatic heterocycles. The maximum absolute atomic E-state index is 13.1. The maximum atomic E-state index is 13.1. The van der Waals surface area contributed by atoms with Crippen molar-refractivity contribution in [2.75, 3.05) is 6.54 Å². The number of nitrogens with zero attached hydrogens (tertiary/aromatic N) is 1. The van der Waals surface area contributed by atoms with Gasteiger partial charge in [0.15, 0.2) is 0 Å². The molecule has 6 nitrogen and oxygen atoms in total. The molecule has 0 bridgehead atoms. The minimum Gasteiger partial charge on any atom is -0.508 e. The van der Waals surface area contributed by atoms with Crippen LogP contribution in [0, 0.1) is 6.92 Å². The van der Waals surface area contributed by atoms with E-state index >= 15 is 0 Å². The summed E-state index contributed by atoms with van der Waals surface area (Å²) in [5.74, 6) is -0.264. The summed E-state index contributed by atoms with van der Waals surface area (Å²) in [6.07, 6.45) is 2.73. The first kappa shape index (κ1) is 20.4. The summed E-state index contributed by atoms with van der Waals surface area (Å²) in [4.78, 5) is 12.8. The van der Waals surface area contributed by atoms with Crippen molar-refractivity contribution >= 4 is 15.9 Å². The molecule has 0 spiro atoms. The van der Waals surface area contributed by atoms with Gasteiger partial charge in [0.1, 0.15) is 5.75 Å². The van der Waals surface area contributed by atoms with E-state index < -0.39 is 10.0 Å². The van der Waals surface area contributed by atoms with Crippen molar-refractivity contribution < 1.29 is 18.3 Å². The molecule has 28 heavy (non-hydrogen) atoms. The number of amides is 1. The minimum atomic E-state index is -3.64. The van der Waals surface area contributed by atoms with Gasteiger partial charge in [0, 0.05) is 30.3 Å². The standard InChI is InChI=1S/C21H26N2O4S/c1-15-10-11-18(28(26,27)23-12-6-5-7-16(23)2)13-19(15)21(25)22-14-17-8-3-4-9-20(17)24/h3-4,8-11,13,16,24H,5-7,12,14H2,1-2H3,(H,22,25). The predicted molar refractivity (Wildman–Crippen MR) is 108 cm³/mol. The maximum Gasteiger partial charge on any atom is 0.251 e. The topological polar surface area (TPSA) is 86.7 Å². The predicted octanol–water partition coefficient (Wildman–Crippen LogP) is 3.19. The second-order valence-electron chi connectivity index (χ2n) is 7.25. The van der Waals surface area contributed by atoms with Gasteiger partial charge in [0.05, 0.1) is 4.90 Å². The van der Waals surface area contributed by atoms with Crippen LogP contribution in [0.5, 0.6) is 5.75 Å². The zero-order valence-electron chi connectivity index (χ0n) is 16.2. The Balaban J connectivity index is 1.83. The van der Waals surface area contributed by atoms with Crippen LogP contribution in [0.15, 0.2) is 47.4 Å². The van der Waals surface area contributed by atoms with E-state index in [-0.39, 0.29) is 29.1 Å². The number of nitrogens with one attached hydrogen (secondary N) is 1. The van der Waals surface area contributed by atoms with E-state index in [4.69, 9.17) is 0 Å². The SMILES string of the molecule is Cc1ccc(S(=O)(=O)N2CCCCC2C)cc1C(=O)NCc1ccccc1O. The monoisotopic (exact) mass is 402 g/mol. The lowest BCUT2D eigenvalue weighted by atomic mass is 10.1. The normalized spacial score (nSPS) is 18.0. The van der Waals surface area contributed by atoms with Gasteiger partial charge in [-0.05, 0) is 50.5 Å². The van der Waals surface area contributed by atoms with E-state index in [1.807, 2.05) is 6.92 Å². The Labute approximate surface area is 166 Å². The van der Waals surface area contributed by atoms with Gasteiger partial charge in [-0.2, -0.15) is 4.31 Å². The number of hydrogen-bond donors (Lipinski definition) is 2. The van der Waals surface area contributed by atoms with Crippen molar-refractivity contribution in [2.45, 2.75) is 50.6 Å². The van der Waals surface area contributed by atoms with Crippen LogP contribution in [0.2, 0.25) is 0 Å². The summed E-state index contributed by atoms with van der Waals surface area (Å²) in [5.41, 5.74) is 1.61. The van der Waals surface area contributed by atoms with E-state index in [0.717, 1.165) is 19.3 Å². The number of aromatic hydroxyl groups is 1. The van der Waals surface area contributed by atoms with Gasteiger partial charge >= 0.3 is 0 Å². The Hall–Kier alpha value is -2.38. The van der Waals surface area contributed by atoms with Crippen LogP contribution >= 0.6 is 0 Å². The third kappa shape index (κ3) is 4.20. The molecule has 2 aromatic rings. The van der Waals surface area contributed by atoms with Crippen LogP contribution in [0.3, 0.4) is 0 Å². The third-order valence-corrected chi connectivity index (χ3v) is 7.24. The molecule has 1 atom stereocenters. The summed E-state index contributed by atoms with van der Waals surface area (Å²) in [6.45, 7) is 4.36. The molecule has 0 saturated carbocycles. The van der Waals surface area contributed by atoms with Crippen molar-refractivity contribution in [3.8, 4) is 5.75 Å². The van der Waals surface area contributed by atoms with Crippen molar-refractivity contribution in [1.29, 1.82) is 0 Å². The molecule has 1 saturated heterocycles. The van der Waals surface area contributed by atoms with Crippen molar-refractivity contribution in [3.05, 3.63) is 59.2 Å². The molecule has 1 fully saturated rings. The number of aryl methyl sites for hydroxylation is 1. The summed E-state index contributed by atoms with van der Waals surface area (Å²) in [6, 6.07) is 11.4. The number of phenolic OH excluding ortho intramolecular Hbond substituents is 1. The Morgan fingerprint density at radius 1 is 1.21 bits per heavy atom. The average Bonchev–Trinajstić information content (AvgIpc) is 2.67. The minimum absolute atomic E-state index is 0.0432. The number of carbonyl (C=O) groups is 1. The van der Waals surface area contributed by atoms with Gasteiger partial charge in [-0.3, -0.25) is 4.79 Å². The number of carbonyl (C=O) groups excluding carboxylic acids is 1. The molecule has 1 unspecified atom stereocenters. The number of benzene rings is 2. The fourth-order valence-corrected chi connectivity index (χ4v) is 5.23. The van der Waals surface area contributed by atoms with E-state index in [0.29, 0.717) is 23.2 Å². The largest absolute Gasteiger partial charge is 0.508 e. The molecule has 1 heterocycles. The number of piperidine rings is 1. The lowest BCUT2D eigenvalue weighted by Crippen LogP contribution is -2.42. The number of hydrogen-bond acceptors (Lipinski definition) is 4. The Bertz CT molecular complexity index is 972. The van der Waals surface area contributed by atoms with Crippen LogP contribution in [-0.2, 0) is 16.6 Å². The molecule has 0 aliphatic carbocycles. The first-order valence-corrected chi connectivity index (χ1v) is 10.9. The highest BCUT2D eigenvalue weighted by Crippen LogP contribution is 2.26. The van der Waals surface area contributed by atoms with E-state index in [1.54, 1.807) is 43.3 Å². The van der Waals surface area contributed by atoms with E-state index in [9.17, 15) is 18.3 Å². The molecule has 0 radical (unpaired) electrons. The molecular weight excluding hydrogens is 376 g/mol. The first-order chi connectivity index (χ1) is 13.3. The lowest BCUT2D eigenvalue weighted by Gasteiger charge is -2.32. The van der Waals surface area contributed by atoms with Crippen LogP contribution in [0.25, 0.3) is 0 Å². The number of phenols is 1. The summed E-state index contributed by atoms with van der Waals surface area (Å²) in [7, 11) is -3.64. The van der Waals surface area contributed by atoms with Crippen LogP contribution < -0.4 is 5.32 Å². The summed E-state index contributed by atoms with van der Waals surface area (Å²) < 4.78 is 27.7. The van der Waals surface area contributed by atoms with Crippen molar-refractivity contribution in [1.82, 2.24) is 9.62 Å². The number of sulfonamides is 1. The summed E-state index contributed by atoms with van der Waals surface area (Å²) >= 11 is 0. The zero-order valence-corrected chi connectivity index (χ0v) is 17.0. The lowest BCUT2D eigenvalue weighted by molar-refractivity contribution is 0.0950. The van der Waals surface area contributed by atoms with Crippen molar-refractivity contribution in [3.63, 3.8) is 0 Å². The molecule has 2 N–H and O–H groups in total. The van der Waals surface area contributed by atoms with E-state index in [1.165, 1.54) is 10.4 Å². The van der Waals surface area contributed by atoms with Crippen LogP contribution in [0.1, 0.15) is 47.7 Å². The van der Waals surface area contributed by atoms with E-state index in [2.05, 4.69) is 5.32 Å². The molecule has 3 rings (SSSR count). The van der Waals surface area contributed by atoms with Crippen LogP contribution in [0.4, 0.5) is 0 Å². The van der Waals surface area contributed by atoms with Gasteiger partial charge in [0.2, 0.25) is 10.0 Å². The fourth-order valence-electron chi connectivity index (χ4n) is 3.50. The highest BCUT2D eigenvalue weighted by Gasteiger charge is 2.31.